The van der Waals surface area contributed by atoms with Crippen LogP contribution in [0.4, 0.5) is 0 Å². The molecule has 0 aromatic heterocycles. The summed E-state index contributed by atoms with van der Waals surface area (Å²) in [7, 11) is 1.68. The predicted octanol–water partition coefficient (Wildman–Crippen LogP) is 4.71. The molecule has 4 nitrogen and oxygen atoms in total. The molecule has 4 heteroatoms. The van der Waals surface area contributed by atoms with Gasteiger partial charge in [0.1, 0.15) is 17.2 Å². The summed E-state index contributed by atoms with van der Waals surface area (Å²) in [5.74, 6) is 4.08. The van der Waals surface area contributed by atoms with Gasteiger partial charge >= 0.3 is 0 Å². The van der Waals surface area contributed by atoms with E-state index in [0.717, 1.165) is 39.9 Å². The van der Waals surface area contributed by atoms with Gasteiger partial charge in [-0.1, -0.05) is 30.3 Å². The first kappa shape index (κ1) is 14.2. The average Bonchev–Trinajstić information content (AvgIpc) is 3.12. The van der Waals surface area contributed by atoms with Crippen molar-refractivity contribution < 1.29 is 18.9 Å². The van der Waals surface area contributed by atoms with E-state index in [1.165, 1.54) is 5.56 Å². The topological polar surface area (TPSA) is 36.9 Å². The smallest absolute Gasteiger partial charge is 0.231 e. The summed E-state index contributed by atoms with van der Waals surface area (Å²) in [6.45, 7) is 0.248. The first-order valence-electron chi connectivity index (χ1n) is 8.18. The summed E-state index contributed by atoms with van der Waals surface area (Å²) < 4.78 is 22.5. The van der Waals surface area contributed by atoms with Crippen molar-refractivity contribution >= 4 is 0 Å². The second-order valence-corrected chi connectivity index (χ2v) is 6.09. The zero-order valence-electron chi connectivity index (χ0n) is 13.7. The number of rotatable bonds is 2. The molecule has 124 valence electrons. The molecule has 5 rings (SSSR count). The third-order valence-corrected chi connectivity index (χ3v) is 4.72. The fraction of sp³-hybridized carbons (Fsp3) is 0.143. The molecule has 3 aromatic carbocycles. The highest BCUT2D eigenvalue weighted by atomic mass is 16.7. The van der Waals surface area contributed by atoms with Gasteiger partial charge in [-0.3, -0.25) is 0 Å². The van der Waals surface area contributed by atoms with Crippen molar-refractivity contribution in [3.8, 4) is 28.7 Å². The van der Waals surface area contributed by atoms with Crippen LogP contribution in [0, 0.1) is 0 Å². The minimum Gasteiger partial charge on any atom is -0.497 e. The largest absolute Gasteiger partial charge is 0.497 e. The number of benzene rings is 3. The molecule has 0 fully saturated rings. The Morgan fingerprint density at radius 1 is 0.800 bits per heavy atom. The molecule has 0 spiro atoms. The standard InChI is InChI=1S/C21H16O4/c1-22-14-8-6-13(7-9-14)21-15-4-2-3-5-17(15)25-18-11-20-19(10-16(18)21)23-12-24-20/h2-11,21H,12H2,1H3. The van der Waals surface area contributed by atoms with Gasteiger partial charge in [0, 0.05) is 23.1 Å². The maximum absolute atomic E-state index is 6.14. The van der Waals surface area contributed by atoms with Gasteiger partial charge in [-0.2, -0.15) is 0 Å². The minimum atomic E-state index is 0.0698. The van der Waals surface area contributed by atoms with Gasteiger partial charge in [-0.15, -0.1) is 0 Å². The number of ether oxygens (including phenoxy) is 4. The van der Waals surface area contributed by atoms with Crippen molar-refractivity contribution in [2.45, 2.75) is 5.92 Å². The Morgan fingerprint density at radius 2 is 1.56 bits per heavy atom. The molecule has 0 amide bonds. The van der Waals surface area contributed by atoms with E-state index in [-0.39, 0.29) is 12.7 Å². The lowest BCUT2D eigenvalue weighted by atomic mass is 9.82. The molecule has 1 unspecified atom stereocenters. The first-order valence-corrected chi connectivity index (χ1v) is 8.18. The number of hydrogen-bond acceptors (Lipinski definition) is 4. The normalized spacial score (nSPS) is 16.6. The van der Waals surface area contributed by atoms with E-state index in [4.69, 9.17) is 18.9 Å². The molecule has 2 heterocycles. The molecule has 1 atom stereocenters. The molecular formula is C21H16O4. The van der Waals surface area contributed by atoms with Crippen LogP contribution in [-0.4, -0.2) is 13.9 Å². The van der Waals surface area contributed by atoms with Crippen LogP contribution in [0.25, 0.3) is 0 Å². The summed E-state index contributed by atoms with van der Waals surface area (Å²) in [6, 6.07) is 20.3. The summed E-state index contributed by atoms with van der Waals surface area (Å²) in [5.41, 5.74) is 3.39. The molecule has 0 saturated carbocycles. The van der Waals surface area contributed by atoms with Gasteiger partial charge in [0.25, 0.3) is 0 Å². The number of para-hydroxylation sites is 1. The van der Waals surface area contributed by atoms with E-state index < -0.39 is 0 Å². The summed E-state index contributed by atoms with van der Waals surface area (Å²) in [4.78, 5) is 0. The molecule has 25 heavy (non-hydrogen) atoms. The summed E-state index contributed by atoms with van der Waals surface area (Å²) in [5, 5.41) is 0. The minimum absolute atomic E-state index is 0.0698. The van der Waals surface area contributed by atoms with E-state index in [2.05, 4.69) is 18.2 Å². The molecular weight excluding hydrogens is 316 g/mol. The molecule has 0 radical (unpaired) electrons. The van der Waals surface area contributed by atoms with Crippen molar-refractivity contribution in [2.24, 2.45) is 0 Å². The van der Waals surface area contributed by atoms with Gasteiger partial charge in [-0.25, -0.2) is 0 Å². The molecule has 0 saturated heterocycles. The fourth-order valence-electron chi connectivity index (χ4n) is 3.51. The highest BCUT2D eigenvalue weighted by molar-refractivity contribution is 5.63. The van der Waals surface area contributed by atoms with Crippen LogP contribution in [-0.2, 0) is 0 Å². The predicted molar refractivity (Wildman–Crippen MR) is 93.0 cm³/mol. The Hall–Kier alpha value is -3.14. The van der Waals surface area contributed by atoms with E-state index in [1.54, 1.807) is 7.11 Å². The maximum atomic E-state index is 6.14. The number of methoxy groups -OCH3 is 1. The zero-order valence-corrected chi connectivity index (χ0v) is 13.7. The molecule has 0 aliphatic carbocycles. The van der Waals surface area contributed by atoms with E-state index in [1.807, 2.05) is 42.5 Å². The molecule has 2 aliphatic rings. The Bertz CT molecular complexity index is 947. The highest BCUT2D eigenvalue weighted by Gasteiger charge is 2.31. The van der Waals surface area contributed by atoms with Gasteiger partial charge in [-0.05, 0) is 29.8 Å². The van der Waals surface area contributed by atoms with Crippen molar-refractivity contribution in [1.29, 1.82) is 0 Å². The Kier molecular flexibility index (Phi) is 3.10. The lowest BCUT2D eigenvalue weighted by Gasteiger charge is -2.29. The summed E-state index contributed by atoms with van der Waals surface area (Å²) in [6.07, 6.45) is 0. The number of fused-ring (bicyclic) bond motifs is 3. The Morgan fingerprint density at radius 3 is 2.36 bits per heavy atom. The number of hydrogen-bond donors (Lipinski definition) is 0. The second kappa shape index (κ2) is 5.45. The quantitative estimate of drug-likeness (QED) is 0.533. The van der Waals surface area contributed by atoms with Crippen LogP contribution in [0.2, 0.25) is 0 Å². The molecule has 0 bridgehead atoms. The van der Waals surface area contributed by atoms with Gasteiger partial charge in [0.15, 0.2) is 11.5 Å². The van der Waals surface area contributed by atoms with E-state index >= 15 is 0 Å². The van der Waals surface area contributed by atoms with E-state index in [0.29, 0.717) is 0 Å². The molecule has 0 N–H and O–H groups in total. The van der Waals surface area contributed by atoms with Crippen LogP contribution in [0.3, 0.4) is 0 Å². The van der Waals surface area contributed by atoms with Crippen LogP contribution in [0.15, 0.2) is 60.7 Å². The maximum Gasteiger partial charge on any atom is 0.231 e. The first-order chi connectivity index (χ1) is 12.3. The van der Waals surface area contributed by atoms with E-state index in [9.17, 15) is 0 Å². The second-order valence-electron chi connectivity index (χ2n) is 6.09. The third kappa shape index (κ3) is 2.22. The van der Waals surface area contributed by atoms with Crippen LogP contribution in [0.5, 0.6) is 28.7 Å². The van der Waals surface area contributed by atoms with Crippen LogP contribution >= 0.6 is 0 Å². The third-order valence-electron chi connectivity index (χ3n) is 4.72. The lowest BCUT2D eigenvalue weighted by molar-refractivity contribution is 0.174. The average molecular weight is 332 g/mol. The van der Waals surface area contributed by atoms with Gasteiger partial charge < -0.3 is 18.9 Å². The SMILES string of the molecule is COc1ccc(C2c3ccccc3Oc3cc4c(cc32)OCO4)cc1. The lowest BCUT2D eigenvalue weighted by Crippen LogP contribution is -2.11. The van der Waals surface area contributed by atoms with Crippen LogP contribution < -0.4 is 18.9 Å². The Labute approximate surface area is 145 Å². The zero-order chi connectivity index (χ0) is 16.8. The van der Waals surface area contributed by atoms with Crippen molar-refractivity contribution in [3.05, 3.63) is 77.4 Å². The molecule has 2 aliphatic heterocycles. The summed E-state index contributed by atoms with van der Waals surface area (Å²) >= 11 is 0. The monoisotopic (exact) mass is 332 g/mol. The molecule has 3 aromatic rings. The Balaban J connectivity index is 1.71. The highest BCUT2D eigenvalue weighted by Crippen LogP contribution is 2.51. The fourth-order valence-corrected chi connectivity index (χ4v) is 3.51. The van der Waals surface area contributed by atoms with Crippen molar-refractivity contribution in [1.82, 2.24) is 0 Å². The van der Waals surface area contributed by atoms with Gasteiger partial charge in [0.2, 0.25) is 6.79 Å². The van der Waals surface area contributed by atoms with Crippen molar-refractivity contribution in [3.63, 3.8) is 0 Å². The van der Waals surface area contributed by atoms with Gasteiger partial charge in [0.05, 0.1) is 7.11 Å². The van der Waals surface area contributed by atoms with Crippen molar-refractivity contribution in [2.75, 3.05) is 13.9 Å². The van der Waals surface area contributed by atoms with Crippen LogP contribution in [0.1, 0.15) is 22.6 Å².